The summed E-state index contributed by atoms with van der Waals surface area (Å²) < 4.78 is 40.5. The number of hydrogen-bond donors (Lipinski definition) is 3. The molecule has 0 saturated heterocycles. The van der Waals surface area contributed by atoms with Gasteiger partial charge >= 0.3 is 0 Å². The van der Waals surface area contributed by atoms with Crippen molar-refractivity contribution < 1.29 is 28.2 Å². The van der Waals surface area contributed by atoms with E-state index in [9.17, 15) is 18.7 Å². The molecule has 0 atom stereocenters. The van der Waals surface area contributed by atoms with Gasteiger partial charge in [-0.1, -0.05) is 18.2 Å². The van der Waals surface area contributed by atoms with Crippen molar-refractivity contribution in [2.75, 3.05) is 19.5 Å². The fraction of sp³-hybridized carbons (Fsp3) is 0.194. The molecular weight excluding hydrogens is 544 g/mol. The Hall–Kier alpha value is -5.03. The minimum atomic E-state index is -1.25. The van der Waals surface area contributed by atoms with Crippen LogP contribution in [0.1, 0.15) is 35.3 Å². The second-order valence-corrected chi connectivity index (χ2v) is 10.1. The largest absolute Gasteiger partial charge is 0.496 e. The van der Waals surface area contributed by atoms with Gasteiger partial charge in [-0.15, -0.1) is 5.10 Å². The van der Waals surface area contributed by atoms with Crippen molar-refractivity contribution in [3.63, 3.8) is 0 Å². The number of benzene rings is 3. The molecule has 5 rings (SSSR count). The van der Waals surface area contributed by atoms with Crippen molar-refractivity contribution in [2.45, 2.75) is 26.0 Å². The minimum absolute atomic E-state index is 0.0414. The van der Waals surface area contributed by atoms with Crippen molar-refractivity contribution in [1.29, 1.82) is 0 Å². The van der Waals surface area contributed by atoms with E-state index in [1.54, 1.807) is 67.0 Å². The first kappa shape index (κ1) is 28.5. The van der Waals surface area contributed by atoms with E-state index in [0.717, 1.165) is 16.7 Å². The second kappa shape index (κ2) is 11.5. The summed E-state index contributed by atoms with van der Waals surface area (Å²) in [6.45, 7) is 3.36. The van der Waals surface area contributed by atoms with Crippen LogP contribution in [0.25, 0.3) is 16.8 Å². The summed E-state index contributed by atoms with van der Waals surface area (Å²) in [7, 11) is 2.89. The smallest absolute Gasteiger partial charge is 0.255 e. The van der Waals surface area contributed by atoms with E-state index in [2.05, 4.69) is 20.7 Å². The lowest BCUT2D eigenvalue weighted by Crippen LogP contribution is -2.23. The Kier molecular flexibility index (Phi) is 7.77. The number of nitrogens with one attached hydrogen (secondary N) is 2. The van der Waals surface area contributed by atoms with Crippen molar-refractivity contribution in [3.05, 3.63) is 101 Å². The highest BCUT2D eigenvalue weighted by Gasteiger charge is 2.22. The third-order valence-electron chi connectivity index (χ3n) is 6.69. The highest BCUT2D eigenvalue weighted by atomic mass is 19.1. The molecule has 0 aliphatic heterocycles. The summed E-state index contributed by atoms with van der Waals surface area (Å²) >= 11 is 0. The number of fused-ring (bicyclic) bond motifs is 1. The van der Waals surface area contributed by atoms with Crippen LogP contribution in [0.3, 0.4) is 0 Å². The molecule has 42 heavy (non-hydrogen) atoms. The Morgan fingerprint density at radius 1 is 0.952 bits per heavy atom. The summed E-state index contributed by atoms with van der Waals surface area (Å²) in [6.07, 6.45) is 1.75. The number of pyridine rings is 1. The molecule has 0 unspecified atom stereocenters. The molecule has 0 saturated carbocycles. The maximum Gasteiger partial charge on any atom is 0.255 e. The van der Waals surface area contributed by atoms with Gasteiger partial charge in [0.05, 0.1) is 25.4 Å². The van der Waals surface area contributed by atoms with Crippen LogP contribution in [0.15, 0.2) is 72.9 Å². The summed E-state index contributed by atoms with van der Waals surface area (Å²) in [4.78, 5) is 17.3. The first-order valence-corrected chi connectivity index (χ1v) is 13.0. The van der Waals surface area contributed by atoms with Gasteiger partial charge in [0.25, 0.3) is 5.91 Å². The van der Waals surface area contributed by atoms with E-state index < -0.39 is 11.4 Å². The number of nitrogens with zero attached hydrogens (tertiary/aromatic N) is 3. The lowest BCUT2D eigenvalue weighted by molar-refractivity contribution is 0.0779. The van der Waals surface area contributed by atoms with Gasteiger partial charge in [0.1, 0.15) is 23.0 Å². The van der Waals surface area contributed by atoms with Gasteiger partial charge in [-0.2, -0.15) is 4.98 Å². The van der Waals surface area contributed by atoms with Crippen LogP contribution in [-0.4, -0.2) is 39.8 Å². The van der Waals surface area contributed by atoms with Crippen molar-refractivity contribution in [1.82, 2.24) is 19.9 Å². The Bertz CT molecular complexity index is 1760. The van der Waals surface area contributed by atoms with Gasteiger partial charge in [-0.05, 0) is 79.1 Å². The molecule has 216 valence electrons. The van der Waals surface area contributed by atoms with Gasteiger partial charge in [0.15, 0.2) is 11.5 Å². The van der Waals surface area contributed by atoms with Crippen LogP contribution in [-0.2, 0) is 12.1 Å². The standard InChI is InChI=1S/C31H29F2N5O4/c1-31(2,40)21-14-24(33)28(26(15-21)42-4)36-30-35-27-12-8-20(17-38(27)37-30)19-7-11-23(25(13-19)41-3)29(39)34-16-18-5-9-22(32)10-6-18/h5-15,17,40H,16H2,1-4H3,(H,34,39)(H,36,37). The van der Waals surface area contributed by atoms with Gasteiger partial charge in [-0.25, -0.2) is 13.3 Å². The predicted molar refractivity (Wildman–Crippen MR) is 154 cm³/mol. The molecule has 9 nitrogen and oxygen atoms in total. The molecule has 2 aromatic heterocycles. The molecule has 0 fully saturated rings. The molecule has 0 spiro atoms. The Morgan fingerprint density at radius 3 is 2.36 bits per heavy atom. The number of halogens is 2. The molecule has 3 aromatic carbocycles. The lowest BCUT2D eigenvalue weighted by Gasteiger charge is -2.20. The second-order valence-electron chi connectivity index (χ2n) is 10.1. The molecular formula is C31H29F2N5O4. The number of amides is 1. The fourth-order valence-electron chi connectivity index (χ4n) is 4.37. The zero-order valence-electron chi connectivity index (χ0n) is 23.4. The van der Waals surface area contributed by atoms with E-state index in [0.29, 0.717) is 22.5 Å². The third kappa shape index (κ3) is 6.01. The molecule has 2 heterocycles. The van der Waals surface area contributed by atoms with E-state index in [-0.39, 0.29) is 35.7 Å². The molecule has 0 radical (unpaired) electrons. The van der Waals surface area contributed by atoms with Crippen LogP contribution in [0.5, 0.6) is 11.5 Å². The maximum absolute atomic E-state index is 15.0. The quantitative estimate of drug-likeness (QED) is 0.211. The summed E-state index contributed by atoms with van der Waals surface area (Å²) in [5, 5.41) is 20.4. The van der Waals surface area contributed by atoms with Crippen LogP contribution in [0, 0.1) is 11.6 Å². The monoisotopic (exact) mass is 573 g/mol. The number of anilines is 2. The van der Waals surface area contributed by atoms with Crippen LogP contribution in [0.4, 0.5) is 20.4 Å². The number of aromatic nitrogens is 3. The minimum Gasteiger partial charge on any atom is -0.496 e. The number of hydrogen-bond acceptors (Lipinski definition) is 7. The van der Waals surface area contributed by atoms with Gasteiger partial charge in [0.2, 0.25) is 5.95 Å². The Balaban J connectivity index is 1.37. The van der Waals surface area contributed by atoms with E-state index in [1.165, 1.54) is 32.4 Å². The highest BCUT2D eigenvalue weighted by molar-refractivity contribution is 5.97. The first-order valence-electron chi connectivity index (χ1n) is 13.0. The highest BCUT2D eigenvalue weighted by Crippen LogP contribution is 2.35. The zero-order valence-corrected chi connectivity index (χ0v) is 23.4. The predicted octanol–water partition coefficient (Wildman–Crippen LogP) is 5.59. The number of ether oxygens (including phenoxy) is 2. The van der Waals surface area contributed by atoms with Gasteiger partial charge < -0.3 is 25.2 Å². The van der Waals surface area contributed by atoms with Crippen LogP contribution >= 0.6 is 0 Å². The molecule has 0 bridgehead atoms. The van der Waals surface area contributed by atoms with E-state index >= 15 is 0 Å². The Labute approximate surface area is 240 Å². The number of methoxy groups -OCH3 is 2. The summed E-state index contributed by atoms with van der Waals surface area (Å²) in [5.74, 6) is -0.581. The Morgan fingerprint density at radius 2 is 1.67 bits per heavy atom. The summed E-state index contributed by atoms with van der Waals surface area (Å²) in [5.41, 5.74) is 2.32. The molecule has 3 N–H and O–H groups in total. The number of rotatable bonds is 9. The molecule has 1 amide bonds. The maximum atomic E-state index is 15.0. The van der Waals surface area contributed by atoms with Crippen LogP contribution < -0.4 is 20.1 Å². The average Bonchev–Trinajstić information content (AvgIpc) is 3.38. The van der Waals surface area contributed by atoms with Crippen molar-refractivity contribution in [3.8, 4) is 22.6 Å². The normalized spacial score (nSPS) is 11.4. The van der Waals surface area contributed by atoms with E-state index in [4.69, 9.17) is 9.47 Å². The number of carbonyl (C=O) groups is 1. The first-order chi connectivity index (χ1) is 20.0. The van der Waals surface area contributed by atoms with Crippen LogP contribution in [0.2, 0.25) is 0 Å². The molecule has 0 aliphatic rings. The zero-order chi connectivity index (χ0) is 30.0. The molecule has 11 heteroatoms. The number of carbonyl (C=O) groups excluding carboxylic acids is 1. The van der Waals surface area contributed by atoms with Gasteiger partial charge in [-0.3, -0.25) is 4.79 Å². The van der Waals surface area contributed by atoms with Gasteiger partial charge in [0, 0.05) is 18.3 Å². The topological polar surface area (TPSA) is 110 Å². The third-order valence-corrected chi connectivity index (χ3v) is 6.69. The number of aliphatic hydroxyl groups is 1. The SMILES string of the molecule is COc1cc(-c2ccc3nc(Nc4c(F)cc(C(C)(C)O)cc4OC)nn3c2)ccc1C(=O)NCc1ccc(F)cc1. The van der Waals surface area contributed by atoms with Crippen molar-refractivity contribution >= 4 is 23.2 Å². The molecule has 5 aromatic rings. The average molecular weight is 574 g/mol. The summed E-state index contributed by atoms with van der Waals surface area (Å²) in [6, 6.07) is 17.5. The van der Waals surface area contributed by atoms with Crippen molar-refractivity contribution in [2.24, 2.45) is 0 Å². The fourth-order valence-corrected chi connectivity index (χ4v) is 4.37. The van der Waals surface area contributed by atoms with E-state index in [1.807, 2.05) is 6.07 Å². The lowest BCUT2D eigenvalue weighted by atomic mass is 9.97. The molecule has 0 aliphatic carbocycles.